The Labute approximate surface area is 127 Å². The van der Waals surface area contributed by atoms with Gasteiger partial charge < -0.3 is 4.90 Å². The zero-order valence-electron chi connectivity index (χ0n) is 11.0. The fourth-order valence-corrected chi connectivity index (χ4v) is 2.62. The van der Waals surface area contributed by atoms with Crippen LogP contribution < -0.4 is 4.90 Å². The van der Waals surface area contributed by atoms with Crippen molar-refractivity contribution in [2.75, 3.05) is 4.90 Å². The average molecular weight is 365 g/mol. The third-order valence-corrected chi connectivity index (χ3v) is 3.81. The van der Waals surface area contributed by atoms with Crippen LogP contribution in [0.25, 0.3) is 0 Å². The third kappa shape index (κ3) is 3.15. The van der Waals surface area contributed by atoms with Gasteiger partial charge in [0.1, 0.15) is 0 Å². The second-order valence-electron chi connectivity index (χ2n) is 4.58. The van der Waals surface area contributed by atoms with Crippen LogP contribution in [0.3, 0.4) is 0 Å². The Morgan fingerprint density at radius 2 is 1.58 bits per heavy atom. The van der Waals surface area contributed by atoms with E-state index >= 15 is 0 Å². The minimum absolute atomic E-state index is 0.0474. The molecule has 98 valence electrons. The van der Waals surface area contributed by atoms with Gasteiger partial charge in [0, 0.05) is 15.3 Å². The van der Waals surface area contributed by atoms with Gasteiger partial charge >= 0.3 is 0 Å². The lowest BCUT2D eigenvalue weighted by Crippen LogP contribution is -2.37. The predicted molar refractivity (Wildman–Crippen MR) is 87.5 cm³/mol. The highest BCUT2D eigenvalue weighted by Gasteiger charge is 2.21. The summed E-state index contributed by atoms with van der Waals surface area (Å²) >= 11 is 2.20. The largest absolute Gasteiger partial charge is 0.306 e. The Bertz CT molecular complexity index is 566. The van der Waals surface area contributed by atoms with Crippen molar-refractivity contribution in [1.29, 1.82) is 0 Å². The van der Waals surface area contributed by atoms with E-state index in [9.17, 15) is 4.79 Å². The monoisotopic (exact) mass is 365 g/mol. The number of nitrogens with zero attached hydrogens (tertiary/aromatic N) is 1. The van der Waals surface area contributed by atoms with Crippen LogP contribution >= 0.6 is 22.6 Å². The molecule has 0 aliphatic carbocycles. The Morgan fingerprint density at radius 1 is 1.00 bits per heavy atom. The number of anilines is 1. The fourth-order valence-electron chi connectivity index (χ4n) is 2.00. The van der Waals surface area contributed by atoms with Crippen LogP contribution in [0.2, 0.25) is 0 Å². The molecule has 2 rings (SSSR count). The second kappa shape index (κ2) is 6.19. The van der Waals surface area contributed by atoms with Crippen LogP contribution in [-0.4, -0.2) is 11.9 Å². The maximum absolute atomic E-state index is 12.7. The summed E-state index contributed by atoms with van der Waals surface area (Å²) in [6.45, 7) is 4.06. The number of hydrogen-bond donors (Lipinski definition) is 0. The molecule has 0 spiro atoms. The van der Waals surface area contributed by atoms with Gasteiger partial charge in [0.25, 0.3) is 5.91 Å². The molecule has 0 aromatic heterocycles. The van der Waals surface area contributed by atoms with Crippen LogP contribution in [0.4, 0.5) is 5.69 Å². The Hall–Kier alpha value is -1.36. The number of rotatable bonds is 3. The molecule has 0 aliphatic heterocycles. The zero-order valence-corrected chi connectivity index (χ0v) is 13.2. The van der Waals surface area contributed by atoms with Crippen molar-refractivity contribution in [3.63, 3.8) is 0 Å². The molecule has 3 heteroatoms. The van der Waals surface area contributed by atoms with Crippen molar-refractivity contribution < 1.29 is 4.79 Å². The van der Waals surface area contributed by atoms with Gasteiger partial charge in [-0.05, 0) is 60.7 Å². The molecule has 0 radical (unpaired) electrons. The lowest BCUT2D eigenvalue weighted by Gasteiger charge is -2.27. The smallest absolute Gasteiger partial charge is 0.259 e. The maximum Gasteiger partial charge on any atom is 0.259 e. The lowest BCUT2D eigenvalue weighted by molar-refractivity contribution is 0.0979. The molecule has 1 amide bonds. The summed E-state index contributed by atoms with van der Waals surface area (Å²) in [6.07, 6.45) is 0. The molecule has 2 nitrogen and oxygen atoms in total. The SMILES string of the molecule is CC(C)N(C(=O)c1ccccc1I)c1ccccc1. The summed E-state index contributed by atoms with van der Waals surface area (Å²) < 4.78 is 0.978. The maximum atomic E-state index is 12.7. The number of amides is 1. The van der Waals surface area contributed by atoms with Crippen molar-refractivity contribution >= 4 is 34.2 Å². The summed E-state index contributed by atoms with van der Waals surface area (Å²) in [5.41, 5.74) is 1.68. The molecule has 0 saturated carbocycles. The normalized spacial score (nSPS) is 10.5. The van der Waals surface area contributed by atoms with Gasteiger partial charge in [0.15, 0.2) is 0 Å². The number of para-hydroxylation sites is 1. The van der Waals surface area contributed by atoms with E-state index in [0.717, 1.165) is 14.8 Å². The summed E-state index contributed by atoms with van der Waals surface area (Å²) in [7, 11) is 0. The number of hydrogen-bond acceptors (Lipinski definition) is 1. The Balaban J connectivity index is 2.41. The van der Waals surface area contributed by atoms with Crippen LogP contribution in [0.5, 0.6) is 0 Å². The number of benzene rings is 2. The molecule has 0 saturated heterocycles. The lowest BCUT2D eigenvalue weighted by atomic mass is 10.1. The highest BCUT2D eigenvalue weighted by Crippen LogP contribution is 2.22. The van der Waals surface area contributed by atoms with Gasteiger partial charge in [-0.25, -0.2) is 0 Å². The van der Waals surface area contributed by atoms with Crippen LogP contribution in [0.15, 0.2) is 54.6 Å². The molecule has 0 fully saturated rings. The summed E-state index contributed by atoms with van der Waals surface area (Å²) in [6, 6.07) is 17.6. The Kier molecular flexibility index (Phi) is 4.58. The molecule has 0 atom stereocenters. The molecule has 0 heterocycles. The van der Waals surface area contributed by atoms with Crippen LogP contribution in [0, 0.1) is 3.57 Å². The summed E-state index contributed by atoms with van der Waals surface area (Å²) in [5, 5.41) is 0. The summed E-state index contributed by atoms with van der Waals surface area (Å²) in [5.74, 6) is 0.0474. The number of carbonyl (C=O) groups is 1. The van der Waals surface area contributed by atoms with Crippen molar-refractivity contribution in [1.82, 2.24) is 0 Å². The molecule has 0 unspecified atom stereocenters. The van der Waals surface area contributed by atoms with Crippen LogP contribution in [0.1, 0.15) is 24.2 Å². The van der Waals surface area contributed by atoms with Gasteiger partial charge in [0.05, 0.1) is 5.56 Å². The van der Waals surface area contributed by atoms with E-state index in [0.29, 0.717) is 0 Å². The quantitative estimate of drug-likeness (QED) is 0.741. The first kappa shape index (κ1) is 14.1. The van der Waals surface area contributed by atoms with Crippen molar-refractivity contribution in [2.24, 2.45) is 0 Å². The van der Waals surface area contributed by atoms with Gasteiger partial charge in [-0.1, -0.05) is 30.3 Å². The first-order valence-corrected chi connectivity index (χ1v) is 7.32. The standard InChI is InChI=1S/C16H16INO/c1-12(2)18(13-8-4-3-5-9-13)16(19)14-10-6-7-11-15(14)17/h3-12H,1-2H3. The Morgan fingerprint density at radius 3 is 2.16 bits per heavy atom. The summed E-state index contributed by atoms with van der Waals surface area (Å²) in [4.78, 5) is 14.6. The molecule has 0 aliphatic rings. The van der Waals surface area contributed by atoms with E-state index in [1.165, 1.54) is 0 Å². The van der Waals surface area contributed by atoms with E-state index in [1.807, 2.05) is 73.3 Å². The molecule has 2 aromatic carbocycles. The molecule has 0 bridgehead atoms. The highest BCUT2D eigenvalue weighted by molar-refractivity contribution is 14.1. The van der Waals surface area contributed by atoms with Gasteiger partial charge in [-0.2, -0.15) is 0 Å². The topological polar surface area (TPSA) is 20.3 Å². The first-order valence-electron chi connectivity index (χ1n) is 6.24. The molecular formula is C16H16INO. The van der Waals surface area contributed by atoms with Crippen molar-refractivity contribution in [3.05, 3.63) is 63.7 Å². The van der Waals surface area contributed by atoms with Gasteiger partial charge in [0.2, 0.25) is 0 Å². The zero-order chi connectivity index (χ0) is 13.8. The highest BCUT2D eigenvalue weighted by atomic mass is 127. The van der Waals surface area contributed by atoms with Gasteiger partial charge in [-0.15, -0.1) is 0 Å². The van der Waals surface area contributed by atoms with E-state index in [1.54, 1.807) is 0 Å². The minimum atomic E-state index is 0.0474. The molecule has 19 heavy (non-hydrogen) atoms. The number of halogens is 1. The van der Waals surface area contributed by atoms with E-state index in [2.05, 4.69) is 22.6 Å². The predicted octanol–water partition coefficient (Wildman–Crippen LogP) is 4.35. The van der Waals surface area contributed by atoms with E-state index < -0.39 is 0 Å². The fraction of sp³-hybridized carbons (Fsp3) is 0.188. The van der Waals surface area contributed by atoms with E-state index in [4.69, 9.17) is 0 Å². The molecular weight excluding hydrogens is 349 g/mol. The molecule has 2 aromatic rings. The third-order valence-electron chi connectivity index (χ3n) is 2.87. The average Bonchev–Trinajstić information content (AvgIpc) is 2.40. The van der Waals surface area contributed by atoms with Crippen LogP contribution in [-0.2, 0) is 0 Å². The van der Waals surface area contributed by atoms with Crippen molar-refractivity contribution in [2.45, 2.75) is 19.9 Å². The van der Waals surface area contributed by atoms with E-state index in [-0.39, 0.29) is 11.9 Å². The van der Waals surface area contributed by atoms with Crippen molar-refractivity contribution in [3.8, 4) is 0 Å². The molecule has 0 N–H and O–H groups in total. The minimum Gasteiger partial charge on any atom is -0.306 e. The number of carbonyl (C=O) groups excluding carboxylic acids is 1. The first-order chi connectivity index (χ1) is 9.11. The van der Waals surface area contributed by atoms with Gasteiger partial charge in [-0.3, -0.25) is 4.79 Å². The second-order valence-corrected chi connectivity index (χ2v) is 5.75.